The largest absolute Gasteiger partial charge is 0.312 e. The van der Waals surface area contributed by atoms with E-state index in [1.54, 1.807) is 24.3 Å². The second kappa shape index (κ2) is 7.44. The second-order valence-electron chi connectivity index (χ2n) is 4.85. The maximum atomic E-state index is 11.2. The average Bonchev–Trinajstić information content (AvgIpc) is 2.45. The first-order valence-corrected chi connectivity index (χ1v) is 8.93. The summed E-state index contributed by atoms with van der Waals surface area (Å²) in [5.74, 6) is 0. The normalized spacial score (nSPS) is 11.6. The molecule has 3 N–H and O–H groups in total. The fraction of sp³-hybridized carbons (Fsp3) is 0.200. The summed E-state index contributed by atoms with van der Waals surface area (Å²) in [6, 6.07) is 12.0. The zero-order valence-electron chi connectivity index (χ0n) is 11.7. The van der Waals surface area contributed by atoms with Crippen LogP contribution in [0, 0.1) is 0 Å². The number of nitrogens with two attached hydrogens (primary N) is 1. The summed E-state index contributed by atoms with van der Waals surface area (Å²) >= 11 is 11.9. The van der Waals surface area contributed by atoms with Gasteiger partial charge in [0.15, 0.2) is 0 Å². The number of rotatable bonds is 6. The fourth-order valence-electron chi connectivity index (χ4n) is 1.97. The van der Waals surface area contributed by atoms with Crippen LogP contribution < -0.4 is 10.5 Å². The molecule has 2 rings (SSSR count). The first-order chi connectivity index (χ1) is 10.4. The zero-order chi connectivity index (χ0) is 16.2. The lowest BCUT2D eigenvalue weighted by molar-refractivity contribution is 0.597. The molecule has 0 saturated carbocycles. The minimum absolute atomic E-state index is 0.122. The molecule has 2 aromatic rings. The molecule has 0 aromatic heterocycles. The van der Waals surface area contributed by atoms with Gasteiger partial charge in [-0.05, 0) is 48.4 Å². The molecule has 4 nitrogen and oxygen atoms in total. The molecule has 0 aliphatic carbocycles. The maximum Gasteiger partial charge on any atom is 0.238 e. The molecule has 22 heavy (non-hydrogen) atoms. The Labute approximate surface area is 140 Å². The third-order valence-electron chi connectivity index (χ3n) is 3.17. The first kappa shape index (κ1) is 17.2. The first-order valence-electron chi connectivity index (χ1n) is 6.62. The standard InChI is InChI=1S/C15H16Cl2N2O2S/c16-13-4-3-12(15(17)9-13)10-19-8-7-11-1-5-14(6-2-11)22(18,20)21/h1-6,9,19H,7-8,10H2,(H2,18,20,21). The van der Waals surface area contributed by atoms with Gasteiger partial charge in [-0.25, -0.2) is 13.6 Å². The van der Waals surface area contributed by atoms with E-state index in [4.69, 9.17) is 28.3 Å². The van der Waals surface area contributed by atoms with E-state index in [1.807, 2.05) is 6.07 Å². The summed E-state index contributed by atoms with van der Waals surface area (Å²) in [7, 11) is -3.63. The Balaban J connectivity index is 1.84. The van der Waals surface area contributed by atoms with Crippen LogP contribution in [0.1, 0.15) is 11.1 Å². The molecule has 0 radical (unpaired) electrons. The number of halogens is 2. The lowest BCUT2D eigenvalue weighted by Gasteiger charge is -2.07. The molecule has 0 atom stereocenters. The van der Waals surface area contributed by atoms with Crippen LogP contribution in [0.2, 0.25) is 10.0 Å². The number of primary sulfonamides is 1. The molecule has 0 bridgehead atoms. The molecule has 0 aliphatic rings. The summed E-state index contributed by atoms with van der Waals surface area (Å²) in [5, 5.41) is 9.59. The fourth-order valence-corrected chi connectivity index (χ4v) is 2.96. The molecule has 0 fully saturated rings. The van der Waals surface area contributed by atoms with Crippen molar-refractivity contribution >= 4 is 33.2 Å². The Morgan fingerprint density at radius 1 is 1.05 bits per heavy atom. The van der Waals surface area contributed by atoms with Crippen LogP contribution in [-0.4, -0.2) is 15.0 Å². The quantitative estimate of drug-likeness (QED) is 0.779. The van der Waals surface area contributed by atoms with E-state index in [-0.39, 0.29) is 4.90 Å². The van der Waals surface area contributed by atoms with Gasteiger partial charge in [-0.1, -0.05) is 41.4 Å². The summed E-state index contributed by atoms with van der Waals surface area (Å²) < 4.78 is 22.3. The van der Waals surface area contributed by atoms with E-state index in [0.29, 0.717) is 16.6 Å². The Kier molecular flexibility index (Phi) is 5.83. The summed E-state index contributed by atoms with van der Waals surface area (Å²) in [6.45, 7) is 1.39. The Morgan fingerprint density at radius 2 is 1.73 bits per heavy atom. The highest BCUT2D eigenvalue weighted by atomic mass is 35.5. The van der Waals surface area contributed by atoms with E-state index in [9.17, 15) is 8.42 Å². The van der Waals surface area contributed by atoms with Crippen molar-refractivity contribution in [1.82, 2.24) is 5.32 Å². The van der Waals surface area contributed by atoms with Crippen molar-refractivity contribution in [3.05, 3.63) is 63.6 Å². The molecule has 0 spiro atoms. The molecule has 0 unspecified atom stereocenters. The third-order valence-corrected chi connectivity index (χ3v) is 4.69. The number of benzene rings is 2. The van der Waals surface area contributed by atoms with Gasteiger partial charge >= 0.3 is 0 Å². The highest BCUT2D eigenvalue weighted by Gasteiger charge is 2.06. The number of sulfonamides is 1. The van der Waals surface area contributed by atoms with E-state index in [1.165, 1.54) is 12.1 Å². The van der Waals surface area contributed by atoms with Gasteiger partial charge in [0.2, 0.25) is 10.0 Å². The van der Waals surface area contributed by atoms with Crippen molar-refractivity contribution in [2.75, 3.05) is 6.54 Å². The number of hydrogen-bond donors (Lipinski definition) is 2. The lowest BCUT2D eigenvalue weighted by atomic mass is 10.1. The van der Waals surface area contributed by atoms with Gasteiger partial charge in [0.25, 0.3) is 0 Å². The highest BCUT2D eigenvalue weighted by molar-refractivity contribution is 7.89. The van der Waals surface area contributed by atoms with Gasteiger partial charge in [0.05, 0.1) is 4.90 Å². The van der Waals surface area contributed by atoms with Crippen LogP contribution in [0.5, 0.6) is 0 Å². The van der Waals surface area contributed by atoms with Crippen molar-refractivity contribution in [2.45, 2.75) is 17.9 Å². The highest BCUT2D eigenvalue weighted by Crippen LogP contribution is 2.20. The van der Waals surface area contributed by atoms with Crippen molar-refractivity contribution < 1.29 is 8.42 Å². The molecule has 118 valence electrons. The van der Waals surface area contributed by atoms with E-state index < -0.39 is 10.0 Å². The molecular weight excluding hydrogens is 343 g/mol. The molecule has 2 aromatic carbocycles. The number of nitrogens with one attached hydrogen (secondary N) is 1. The predicted octanol–water partition coefficient (Wildman–Crippen LogP) is 2.97. The molecule has 0 aliphatic heterocycles. The Bertz CT molecular complexity index is 747. The van der Waals surface area contributed by atoms with E-state index in [2.05, 4.69) is 5.32 Å². The SMILES string of the molecule is NS(=O)(=O)c1ccc(CCNCc2ccc(Cl)cc2Cl)cc1. The van der Waals surface area contributed by atoms with E-state index >= 15 is 0 Å². The molecule has 0 amide bonds. The summed E-state index contributed by atoms with van der Waals surface area (Å²) in [4.78, 5) is 0.122. The van der Waals surface area contributed by atoms with Gasteiger partial charge in [-0.2, -0.15) is 0 Å². The Hall–Kier alpha value is -1.11. The topological polar surface area (TPSA) is 72.2 Å². The summed E-state index contributed by atoms with van der Waals surface area (Å²) in [6.07, 6.45) is 0.774. The maximum absolute atomic E-state index is 11.2. The zero-order valence-corrected chi connectivity index (χ0v) is 14.0. The van der Waals surface area contributed by atoms with Crippen molar-refractivity contribution in [2.24, 2.45) is 5.14 Å². The van der Waals surface area contributed by atoms with Crippen LogP contribution >= 0.6 is 23.2 Å². The molecular formula is C15H16Cl2N2O2S. The molecule has 7 heteroatoms. The van der Waals surface area contributed by atoms with Crippen LogP contribution in [0.15, 0.2) is 47.4 Å². The van der Waals surface area contributed by atoms with Crippen LogP contribution in [-0.2, 0) is 23.0 Å². The van der Waals surface area contributed by atoms with Gasteiger partial charge in [0, 0.05) is 16.6 Å². The smallest absolute Gasteiger partial charge is 0.238 e. The molecule has 0 saturated heterocycles. The monoisotopic (exact) mass is 358 g/mol. The predicted molar refractivity (Wildman–Crippen MR) is 89.7 cm³/mol. The van der Waals surface area contributed by atoms with Crippen molar-refractivity contribution in [3.8, 4) is 0 Å². The summed E-state index contributed by atoms with van der Waals surface area (Å²) in [5.41, 5.74) is 2.01. The van der Waals surface area contributed by atoms with Gasteiger partial charge < -0.3 is 5.32 Å². The van der Waals surface area contributed by atoms with Crippen LogP contribution in [0.4, 0.5) is 0 Å². The third kappa shape index (κ3) is 4.97. The van der Waals surface area contributed by atoms with Gasteiger partial charge in [-0.15, -0.1) is 0 Å². The van der Waals surface area contributed by atoms with Gasteiger partial charge in [0.1, 0.15) is 0 Å². The average molecular weight is 359 g/mol. The minimum atomic E-state index is -3.63. The molecule has 0 heterocycles. The number of hydrogen-bond acceptors (Lipinski definition) is 3. The Morgan fingerprint density at radius 3 is 2.32 bits per heavy atom. The second-order valence-corrected chi connectivity index (χ2v) is 7.26. The minimum Gasteiger partial charge on any atom is -0.312 e. The van der Waals surface area contributed by atoms with E-state index in [0.717, 1.165) is 24.1 Å². The van der Waals surface area contributed by atoms with Crippen molar-refractivity contribution in [1.29, 1.82) is 0 Å². The van der Waals surface area contributed by atoms with Crippen LogP contribution in [0.3, 0.4) is 0 Å². The van der Waals surface area contributed by atoms with Crippen molar-refractivity contribution in [3.63, 3.8) is 0 Å². The lowest BCUT2D eigenvalue weighted by Crippen LogP contribution is -2.17. The van der Waals surface area contributed by atoms with Gasteiger partial charge in [-0.3, -0.25) is 0 Å². The van der Waals surface area contributed by atoms with Crippen LogP contribution in [0.25, 0.3) is 0 Å².